The van der Waals surface area contributed by atoms with Gasteiger partial charge >= 0.3 is 0 Å². The minimum Gasteiger partial charge on any atom is -0.391 e. The van der Waals surface area contributed by atoms with Crippen molar-refractivity contribution in [3.05, 3.63) is 34.9 Å². The van der Waals surface area contributed by atoms with Crippen molar-refractivity contribution < 1.29 is 5.11 Å². The average molecular weight is 256 g/mol. The Morgan fingerprint density at radius 3 is 2.35 bits per heavy atom. The standard InChI is InChI=1S/C14H21NO.ClH/c1-9-6-7-12(8-10(9)2)13(15)14(16)11-4-3-5-11;/h6-8,11,13-14,16H,3-5,15H2,1-2H3;1H/t13-,14+;/m1./s1. The van der Waals surface area contributed by atoms with Crippen LogP contribution in [-0.2, 0) is 0 Å². The largest absolute Gasteiger partial charge is 0.391 e. The topological polar surface area (TPSA) is 46.2 Å². The second kappa shape index (κ2) is 5.85. The molecule has 0 saturated heterocycles. The van der Waals surface area contributed by atoms with Gasteiger partial charge in [-0.2, -0.15) is 0 Å². The molecule has 1 fully saturated rings. The molecule has 0 aliphatic heterocycles. The monoisotopic (exact) mass is 255 g/mol. The fraction of sp³-hybridized carbons (Fsp3) is 0.571. The van der Waals surface area contributed by atoms with Gasteiger partial charge in [-0.05, 0) is 49.3 Å². The van der Waals surface area contributed by atoms with Crippen LogP contribution >= 0.6 is 12.4 Å². The first-order valence-electron chi connectivity index (χ1n) is 6.10. The summed E-state index contributed by atoms with van der Waals surface area (Å²) in [6.07, 6.45) is 3.11. The number of rotatable bonds is 3. The molecule has 0 spiro atoms. The fourth-order valence-electron chi connectivity index (χ4n) is 2.24. The highest BCUT2D eigenvalue weighted by Crippen LogP contribution is 2.34. The van der Waals surface area contributed by atoms with Gasteiger partial charge in [-0.25, -0.2) is 0 Å². The van der Waals surface area contributed by atoms with Crippen LogP contribution in [0.25, 0.3) is 0 Å². The lowest BCUT2D eigenvalue weighted by Gasteiger charge is -2.34. The second-order valence-electron chi connectivity index (χ2n) is 5.05. The van der Waals surface area contributed by atoms with Crippen LogP contribution in [0, 0.1) is 19.8 Å². The summed E-state index contributed by atoms with van der Waals surface area (Å²) in [4.78, 5) is 0. The first kappa shape index (κ1) is 14.5. The van der Waals surface area contributed by atoms with Crippen LogP contribution in [0.2, 0.25) is 0 Å². The number of aliphatic hydroxyl groups is 1. The molecule has 2 rings (SSSR count). The molecular formula is C14H22ClNO. The van der Waals surface area contributed by atoms with Crippen LogP contribution in [0.4, 0.5) is 0 Å². The SMILES string of the molecule is Cc1ccc([C@@H](N)[C@@H](O)C2CCC2)cc1C.Cl. The highest BCUT2D eigenvalue weighted by molar-refractivity contribution is 5.85. The molecular weight excluding hydrogens is 234 g/mol. The van der Waals surface area contributed by atoms with E-state index in [0.29, 0.717) is 5.92 Å². The third-order valence-corrected chi connectivity index (χ3v) is 3.92. The number of benzene rings is 1. The predicted octanol–water partition coefficient (Wildman–Crippen LogP) is 2.89. The minimum absolute atomic E-state index is 0. The van der Waals surface area contributed by atoms with Crippen LogP contribution < -0.4 is 5.73 Å². The average Bonchev–Trinajstić information content (AvgIpc) is 2.18. The van der Waals surface area contributed by atoms with Gasteiger partial charge in [0.05, 0.1) is 12.1 Å². The van der Waals surface area contributed by atoms with Crippen molar-refractivity contribution in [3.63, 3.8) is 0 Å². The molecule has 17 heavy (non-hydrogen) atoms. The van der Waals surface area contributed by atoms with Crippen LogP contribution in [0.15, 0.2) is 18.2 Å². The lowest BCUT2D eigenvalue weighted by molar-refractivity contribution is 0.0413. The molecule has 0 amide bonds. The third kappa shape index (κ3) is 3.01. The maximum atomic E-state index is 10.1. The number of halogens is 1. The summed E-state index contributed by atoms with van der Waals surface area (Å²) in [5.74, 6) is 0.414. The molecule has 0 unspecified atom stereocenters. The molecule has 3 N–H and O–H groups in total. The summed E-state index contributed by atoms with van der Waals surface area (Å²) >= 11 is 0. The zero-order valence-electron chi connectivity index (χ0n) is 10.5. The van der Waals surface area contributed by atoms with Gasteiger partial charge in [0, 0.05) is 0 Å². The first-order chi connectivity index (χ1) is 7.59. The molecule has 1 aliphatic carbocycles. The zero-order chi connectivity index (χ0) is 11.7. The Kier molecular flexibility index (Phi) is 4.99. The van der Waals surface area contributed by atoms with E-state index in [1.54, 1.807) is 0 Å². The van der Waals surface area contributed by atoms with Gasteiger partial charge in [0.15, 0.2) is 0 Å². The molecule has 1 aliphatic rings. The number of aryl methyl sites for hydroxylation is 2. The Morgan fingerprint density at radius 1 is 1.24 bits per heavy atom. The summed E-state index contributed by atoms with van der Waals surface area (Å²) in [6.45, 7) is 4.17. The van der Waals surface area contributed by atoms with Crippen LogP contribution in [-0.4, -0.2) is 11.2 Å². The van der Waals surface area contributed by atoms with Crippen molar-refractivity contribution in [1.29, 1.82) is 0 Å². The number of nitrogens with two attached hydrogens (primary N) is 1. The second-order valence-corrected chi connectivity index (χ2v) is 5.05. The van der Waals surface area contributed by atoms with Gasteiger partial charge in [0.25, 0.3) is 0 Å². The molecule has 2 atom stereocenters. The van der Waals surface area contributed by atoms with E-state index in [-0.39, 0.29) is 24.6 Å². The number of aliphatic hydroxyl groups excluding tert-OH is 1. The van der Waals surface area contributed by atoms with Gasteiger partial charge < -0.3 is 10.8 Å². The van der Waals surface area contributed by atoms with Crippen molar-refractivity contribution >= 4 is 12.4 Å². The Labute approximate surface area is 110 Å². The summed E-state index contributed by atoms with van der Waals surface area (Å²) in [6, 6.07) is 5.99. The highest BCUT2D eigenvalue weighted by atomic mass is 35.5. The number of hydrogen-bond acceptors (Lipinski definition) is 2. The minimum atomic E-state index is -0.379. The van der Waals surface area contributed by atoms with Crippen molar-refractivity contribution in [2.75, 3.05) is 0 Å². The van der Waals surface area contributed by atoms with E-state index < -0.39 is 0 Å². The van der Waals surface area contributed by atoms with E-state index in [0.717, 1.165) is 18.4 Å². The molecule has 1 aromatic rings. The predicted molar refractivity (Wildman–Crippen MR) is 73.4 cm³/mol. The van der Waals surface area contributed by atoms with Crippen molar-refractivity contribution in [2.45, 2.75) is 45.3 Å². The molecule has 1 aromatic carbocycles. The normalized spacial score (nSPS) is 19.1. The van der Waals surface area contributed by atoms with E-state index >= 15 is 0 Å². The van der Waals surface area contributed by atoms with Crippen LogP contribution in [0.3, 0.4) is 0 Å². The Bertz CT molecular complexity index is 376. The van der Waals surface area contributed by atoms with Crippen molar-refractivity contribution in [1.82, 2.24) is 0 Å². The van der Waals surface area contributed by atoms with Crippen LogP contribution in [0.5, 0.6) is 0 Å². The summed E-state index contributed by atoms with van der Waals surface area (Å²) in [5.41, 5.74) is 9.69. The van der Waals surface area contributed by atoms with E-state index in [9.17, 15) is 5.11 Å². The summed E-state index contributed by atoms with van der Waals surface area (Å²) in [7, 11) is 0. The lowest BCUT2D eigenvalue weighted by atomic mass is 9.77. The third-order valence-electron chi connectivity index (χ3n) is 3.92. The molecule has 0 heterocycles. The van der Waals surface area contributed by atoms with Gasteiger partial charge in [0.1, 0.15) is 0 Å². The van der Waals surface area contributed by atoms with E-state index in [2.05, 4.69) is 26.0 Å². The van der Waals surface area contributed by atoms with Crippen LogP contribution in [0.1, 0.15) is 42.0 Å². The smallest absolute Gasteiger partial charge is 0.0760 e. The quantitative estimate of drug-likeness (QED) is 0.873. The summed E-state index contributed by atoms with van der Waals surface area (Å²) < 4.78 is 0. The van der Waals surface area contributed by atoms with Gasteiger partial charge in [-0.3, -0.25) is 0 Å². The van der Waals surface area contributed by atoms with E-state index in [1.807, 2.05) is 6.07 Å². The molecule has 0 aromatic heterocycles. The summed E-state index contributed by atoms with van der Waals surface area (Å²) in [5, 5.41) is 10.1. The molecule has 2 nitrogen and oxygen atoms in total. The van der Waals surface area contributed by atoms with E-state index in [4.69, 9.17) is 5.73 Å². The number of hydrogen-bond donors (Lipinski definition) is 2. The fourth-order valence-corrected chi connectivity index (χ4v) is 2.24. The molecule has 0 bridgehead atoms. The molecule has 96 valence electrons. The Balaban J connectivity index is 0.00000144. The Hall–Kier alpha value is -0.570. The maximum Gasteiger partial charge on any atom is 0.0760 e. The van der Waals surface area contributed by atoms with Crippen molar-refractivity contribution in [2.24, 2.45) is 11.7 Å². The highest BCUT2D eigenvalue weighted by Gasteiger charge is 2.30. The van der Waals surface area contributed by atoms with Gasteiger partial charge in [0.2, 0.25) is 0 Å². The lowest BCUT2D eigenvalue weighted by Crippen LogP contribution is -2.36. The first-order valence-corrected chi connectivity index (χ1v) is 6.10. The molecule has 1 saturated carbocycles. The van der Waals surface area contributed by atoms with Crippen molar-refractivity contribution in [3.8, 4) is 0 Å². The van der Waals surface area contributed by atoms with Gasteiger partial charge in [-0.1, -0.05) is 24.6 Å². The Morgan fingerprint density at radius 2 is 1.88 bits per heavy atom. The van der Waals surface area contributed by atoms with Gasteiger partial charge in [-0.15, -0.1) is 12.4 Å². The molecule has 0 radical (unpaired) electrons. The zero-order valence-corrected chi connectivity index (χ0v) is 11.3. The maximum absolute atomic E-state index is 10.1. The van der Waals surface area contributed by atoms with E-state index in [1.165, 1.54) is 17.5 Å². The molecule has 3 heteroatoms.